The first-order valence-electron chi connectivity index (χ1n) is 11.0. The molecular weight excluding hydrogens is 372 g/mol. The normalized spacial score (nSPS) is 14.6. The molecule has 1 saturated carbocycles. The number of aryl methyl sites for hydroxylation is 1. The lowest BCUT2D eigenvalue weighted by Gasteiger charge is -2.24. The van der Waals surface area contributed by atoms with Gasteiger partial charge in [-0.05, 0) is 54.3 Å². The lowest BCUT2D eigenvalue weighted by Crippen LogP contribution is -2.36. The van der Waals surface area contributed by atoms with Gasteiger partial charge in [-0.15, -0.1) is 0 Å². The number of nitrogens with zero attached hydrogens (tertiary/aromatic N) is 1. The summed E-state index contributed by atoms with van der Waals surface area (Å²) in [5.74, 6) is 0.618. The molecule has 3 aromatic rings. The van der Waals surface area contributed by atoms with Crippen molar-refractivity contribution in [2.45, 2.75) is 57.9 Å². The predicted octanol–water partition coefficient (Wildman–Crippen LogP) is 5.46. The molecule has 4 rings (SSSR count). The third-order valence-electron chi connectivity index (χ3n) is 6.11. The maximum atomic E-state index is 13.2. The number of benzene rings is 2. The average Bonchev–Trinajstić information content (AvgIpc) is 2.80. The van der Waals surface area contributed by atoms with Crippen LogP contribution < -0.4 is 10.1 Å². The lowest BCUT2D eigenvalue weighted by atomic mass is 9.93. The van der Waals surface area contributed by atoms with Crippen LogP contribution in [0.25, 0.3) is 10.8 Å². The van der Waals surface area contributed by atoms with Gasteiger partial charge in [0.05, 0.1) is 12.7 Å². The molecule has 1 aromatic heterocycles. The Morgan fingerprint density at radius 3 is 2.53 bits per heavy atom. The summed E-state index contributed by atoms with van der Waals surface area (Å²) in [5, 5.41) is 5.34. The molecule has 30 heavy (non-hydrogen) atoms. The van der Waals surface area contributed by atoms with E-state index in [1.807, 2.05) is 30.5 Å². The molecule has 0 radical (unpaired) electrons. The first kappa shape index (κ1) is 20.4. The maximum Gasteiger partial charge on any atom is 0.255 e. The number of ether oxygens (including phenoxy) is 1. The first-order chi connectivity index (χ1) is 14.7. The number of nitrogens with one attached hydrogen (secondary N) is 1. The molecule has 1 fully saturated rings. The van der Waals surface area contributed by atoms with E-state index >= 15 is 0 Å². The molecule has 0 unspecified atom stereocenters. The van der Waals surface area contributed by atoms with Gasteiger partial charge in [0.15, 0.2) is 0 Å². The van der Waals surface area contributed by atoms with Crippen molar-refractivity contribution in [2.75, 3.05) is 7.11 Å². The molecule has 0 bridgehead atoms. The number of methoxy groups -OCH3 is 1. The molecule has 4 nitrogen and oxygen atoms in total. The summed E-state index contributed by atoms with van der Waals surface area (Å²) in [4.78, 5) is 17.8. The summed E-state index contributed by atoms with van der Waals surface area (Å²) in [6.07, 6.45) is 9.36. The Balaban J connectivity index is 1.72. The van der Waals surface area contributed by atoms with Crippen molar-refractivity contribution in [3.8, 4) is 5.75 Å². The number of carbonyl (C=O) groups excluding carboxylic acids is 1. The zero-order valence-electron chi connectivity index (χ0n) is 17.9. The van der Waals surface area contributed by atoms with Crippen molar-refractivity contribution >= 4 is 16.7 Å². The van der Waals surface area contributed by atoms with Gasteiger partial charge in [0.25, 0.3) is 5.91 Å². The zero-order valence-corrected chi connectivity index (χ0v) is 17.9. The highest BCUT2D eigenvalue weighted by molar-refractivity contribution is 6.05. The Bertz CT molecular complexity index is 1020. The predicted molar refractivity (Wildman–Crippen MR) is 121 cm³/mol. The van der Waals surface area contributed by atoms with Crippen LogP contribution in [0.5, 0.6) is 5.75 Å². The van der Waals surface area contributed by atoms with E-state index in [-0.39, 0.29) is 11.9 Å². The van der Waals surface area contributed by atoms with Crippen LogP contribution in [-0.2, 0) is 12.8 Å². The minimum Gasteiger partial charge on any atom is -0.495 e. The van der Waals surface area contributed by atoms with Gasteiger partial charge in [0, 0.05) is 23.3 Å². The maximum absolute atomic E-state index is 13.2. The number of hydrogen-bond donors (Lipinski definition) is 1. The van der Waals surface area contributed by atoms with Gasteiger partial charge in [-0.1, -0.05) is 56.5 Å². The number of hydrogen-bond acceptors (Lipinski definition) is 3. The van der Waals surface area contributed by atoms with Crippen molar-refractivity contribution in [2.24, 2.45) is 0 Å². The van der Waals surface area contributed by atoms with Crippen molar-refractivity contribution in [1.82, 2.24) is 10.3 Å². The summed E-state index contributed by atoms with van der Waals surface area (Å²) < 4.78 is 5.73. The number of pyridine rings is 1. The number of aromatic nitrogens is 1. The van der Waals surface area contributed by atoms with Crippen LogP contribution >= 0.6 is 0 Å². The summed E-state index contributed by atoms with van der Waals surface area (Å²) in [5.41, 5.74) is 3.97. The molecule has 0 saturated heterocycles. The van der Waals surface area contributed by atoms with Crippen LogP contribution in [0, 0.1) is 0 Å². The van der Waals surface area contributed by atoms with Crippen LogP contribution in [-0.4, -0.2) is 24.0 Å². The number of amides is 1. The number of rotatable bonds is 6. The Labute approximate surface area is 178 Å². The van der Waals surface area contributed by atoms with Crippen molar-refractivity contribution in [3.63, 3.8) is 0 Å². The summed E-state index contributed by atoms with van der Waals surface area (Å²) in [7, 11) is 1.65. The first-order valence-corrected chi connectivity index (χ1v) is 11.0. The van der Waals surface area contributed by atoms with E-state index in [1.165, 1.54) is 19.3 Å². The minimum atomic E-state index is -0.0368. The molecule has 1 amide bonds. The Morgan fingerprint density at radius 1 is 1.10 bits per heavy atom. The topological polar surface area (TPSA) is 51.2 Å². The van der Waals surface area contributed by atoms with E-state index in [4.69, 9.17) is 4.74 Å². The second-order valence-electron chi connectivity index (χ2n) is 8.16. The summed E-state index contributed by atoms with van der Waals surface area (Å²) in [6.45, 7) is 2.11. The second-order valence-corrected chi connectivity index (χ2v) is 8.16. The fourth-order valence-corrected chi connectivity index (χ4v) is 4.46. The van der Waals surface area contributed by atoms with E-state index < -0.39 is 0 Å². The molecule has 1 N–H and O–H groups in total. The molecule has 1 aliphatic rings. The van der Waals surface area contributed by atoms with E-state index in [9.17, 15) is 4.79 Å². The lowest BCUT2D eigenvalue weighted by molar-refractivity contribution is 0.0925. The van der Waals surface area contributed by atoms with E-state index in [0.717, 1.165) is 53.3 Å². The highest BCUT2D eigenvalue weighted by Crippen LogP contribution is 2.34. The quantitative estimate of drug-likeness (QED) is 0.596. The molecule has 0 atom stereocenters. The fraction of sp³-hybridized carbons (Fsp3) is 0.385. The highest BCUT2D eigenvalue weighted by atomic mass is 16.5. The monoisotopic (exact) mass is 402 g/mol. The van der Waals surface area contributed by atoms with E-state index in [1.54, 1.807) is 7.11 Å². The average molecular weight is 403 g/mol. The van der Waals surface area contributed by atoms with Gasteiger partial charge >= 0.3 is 0 Å². The molecule has 156 valence electrons. The van der Waals surface area contributed by atoms with Crippen molar-refractivity contribution in [3.05, 3.63) is 71.0 Å². The Morgan fingerprint density at radius 2 is 1.87 bits per heavy atom. The van der Waals surface area contributed by atoms with Gasteiger partial charge in [-0.3, -0.25) is 9.78 Å². The molecule has 0 aliphatic heterocycles. The van der Waals surface area contributed by atoms with Gasteiger partial charge in [-0.2, -0.15) is 0 Å². The molecule has 1 aliphatic carbocycles. The fourth-order valence-electron chi connectivity index (χ4n) is 4.46. The molecule has 0 spiro atoms. The van der Waals surface area contributed by atoms with E-state index in [2.05, 4.69) is 35.4 Å². The Hall–Kier alpha value is -2.88. The van der Waals surface area contributed by atoms with Crippen LogP contribution in [0.2, 0.25) is 0 Å². The van der Waals surface area contributed by atoms with Crippen LogP contribution in [0.15, 0.2) is 48.7 Å². The minimum absolute atomic E-state index is 0.0368. The van der Waals surface area contributed by atoms with Gasteiger partial charge < -0.3 is 10.1 Å². The van der Waals surface area contributed by atoms with Crippen LogP contribution in [0.3, 0.4) is 0 Å². The van der Waals surface area contributed by atoms with Gasteiger partial charge in [0.2, 0.25) is 0 Å². The molecule has 4 heteroatoms. The van der Waals surface area contributed by atoms with Crippen LogP contribution in [0.4, 0.5) is 0 Å². The molecular formula is C26H30N2O2. The van der Waals surface area contributed by atoms with Gasteiger partial charge in [-0.25, -0.2) is 0 Å². The SMILES string of the molecule is CCc1ccc(Cc2cc(C(=O)NC3CCCCC3)c(OC)c3ccccc23)cn1. The standard InChI is InChI=1S/C26H30N2O2/c1-3-20-14-13-18(17-27-20)15-19-16-24(26(29)28-21-9-5-4-6-10-21)25(30-2)23-12-8-7-11-22(19)23/h7-8,11-14,16-17,21H,3-6,9-10,15H2,1-2H3,(H,28,29). The van der Waals surface area contributed by atoms with E-state index in [0.29, 0.717) is 11.3 Å². The third-order valence-corrected chi connectivity index (χ3v) is 6.11. The summed E-state index contributed by atoms with van der Waals surface area (Å²) >= 11 is 0. The highest BCUT2D eigenvalue weighted by Gasteiger charge is 2.22. The van der Waals surface area contributed by atoms with Crippen LogP contribution in [0.1, 0.15) is 66.2 Å². The largest absolute Gasteiger partial charge is 0.495 e. The zero-order chi connectivity index (χ0) is 20.9. The summed E-state index contributed by atoms with van der Waals surface area (Å²) in [6, 6.07) is 14.6. The third kappa shape index (κ3) is 4.33. The number of carbonyl (C=O) groups is 1. The number of fused-ring (bicyclic) bond motifs is 1. The Kier molecular flexibility index (Phi) is 6.32. The second kappa shape index (κ2) is 9.29. The van der Waals surface area contributed by atoms with Gasteiger partial charge in [0.1, 0.15) is 5.75 Å². The molecule has 2 aromatic carbocycles. The smallest absolute Gasteiger partial charge is 0.255 e. The van der Waals surface area contributed by atoms with Crippen molar-refractivity contribution < 1.29 is 9.53 Å². The molecule has 1 heterocycles. The van der Waals surface area contributed by atoms with Crippen molar-refractivity contribution in [1.29, 1.82) is 0 Å².